The Balaban J connectivity index is 2.12. The lowest BCUT2D eigenvalue weighted by atomic mass is 10.1. The molecule has 2 unspecified atom stereocenters. The maximum Gasteiger partial charge on any atom is 0.307 e. The minimum absolute atomic E-state index is 0.0276. The molecule has 2 rings (SSSR count). The maximum absolute atomic E-state index is 11.2. The summed E-state index contributed by atoms with van der Waals surface area (Å²) in [5.41, 5.74) is 2.00. The van der Waals surface area contributed by atoms with E-state index < -0.39 is 27.4 Å². The normalized spacial score (nSPS) is 21.5. The predicted molar refractivity (Wildman–Crippen MR) is 89.5 cm³/mol. The second-order valence-corrected chi connectivity index (χ2v) is 6.62. The highest BCUT2D eigenvalue weighted by Crippen LogP contribution is 2.60. The summed E-state index contributed by atoms with van der Waals surface area (Å²) in [6.07, 6.45) is 0.442. The van der Waals surface area contributed by atoms with E-state index in [2.05, 4.69) is 10.5 Å². The number of nitrogens with zero attached hydrogens (tertiary/aromatic N) is 3. The van der Waals surface area contributed by atoms with Gasteiger partial charge in [0.05, 0.1) is 21.8 Å². The van der Waals surface area contributed by atoms with E-state index in [4.69, 9.17) is 5.11 Å². The maximum atomic E-state index is 11.2. The summed E-state index contributed by atoms with van der Waals surface area (Å²) in [5.74, 6) is -1.34. The molecule has 10 nitrogen and oxygen atoms in total. The van der Waals surface area contributed by atoms with Gasteiger partial charge in [0.25, 0.3) is 5.69 Å². The lowest BCUT2D eigenvalue weighted by molar-refractivity contribution is -0.393. The van der Waals surface area contributed by atoms with Crippen molar-refractivity contribution < 1.29 is 19.7 Å². The quantitative estimate of drug-likeness (QED) is 0.436. The number of nitrogens with one attached hydrogen (secondary N) is 1. The van der Waals surface area contributed by atoms with Crippen molar-refractivity contribution in [3.8, 4) is 0 Å². The van der Waals surface area contributed by atoms with Gasteiger partial charge in [0, 0.05) is 11.8 Å². The third-order valence-corrected chi connectivity index (χ3v) is 4.59. The van der Waals surface area contributed by atoms with Gasteiger partial charge in [0.2, 0.25) is 0 Å². The molecule has 0 spiro atoms. The van der Waals surface area contributed by atoms with Crippen molar-refractivity contribution >= 4 is 28.7 Å². The van der Waals surface area contributed by atoms with Crippen molar-refractivity contribution in [3.63, 3.8) is 0 Å². The summed E-state index contributed by atoms with van der Waals surface area (Å²) in [4.78, 5) is 31.5. The molecule has 134 valence electrons. The van der Waals surface area contributed by atoms with Crippen molar-refractivity contribution in [1.82, 2.24) is 0 Å². The van der Waals surface area contributed by atoms with Gasteiger partial charge in [-0.1, -0.05) is 13.8 Å². The van der Waals surface area contributed by atoms with Crippen LogP contribution < -0.4 is 5.43 Å². The van der Waals surface area contributed by atoms with Crippen molar-refractivity contribution in [2.75, 3.05) is 5.43 Å². The average molecular weight is 350 g/mol. The second kappa shape index (κ2) is 6.46. The van der Waals surface area contributed by atoms with Crippen molar-refractivity contribution in [2.24, 2.45) is 22.4 Å². The number of nitro groups is 2. The van der Waals surface area contributed by atoms with Gasteiger partial charge in [-0.2, -0.15) is 5.10 Å². The zero-order chi connectivity index (χ0) is 18.9. The van der Waals surface area contributed by atoms with E-state index >= 15 is 0 Å². The van der Waals surface area contributed by atoms with E-state index in [9.17, 15) is 25.0 Å². The Labute approximate surface area is 142 Å². The van der Waals surface area contributed by atoms with Crippen LogP contribution in [0.3, 0.4) is 0 Å². The zero-order valence-corrected chi connectivity index (χ0v) is 13.9. The SMILES string of the molecule is CC(CC1C(C(=O)O)C1(C)C)=NNc1ccc([N+](=O)[O-])cc1[N+](=O)[O-]. The number of benzene rings is 1. The predicted octanol–water partition coefficient (Wildman–Crippen LogP) is 3.04. The van der Waals surface area contributed by atoms with Gasteiger partial charge in [-0.3, -0.25) is 30.4 Å². The summed E-state index contributed by atoms with van der Waals surface area (Å²) in [7, 11) is 0. The van der Waals surface area contributed by atoms with Crippen LogP contribution in [0, 0.1) is 37.5 Å². The molecule has 1 saturated carbocycles. The van der Waals surface area contributed by atoms with Crippen LogP contribution in [0.5, 0.6) is 0 Å². The van der Waals surface area contributed by atoms with E-state index in [0.717, 1.165) is 12.1 Å². The minimum atomic E-state index is -0.846. The first kappa shape index (κ1) is 18.3. The molecule has 2 atom stereocenters. The Bertz CT molecular complexity index is 773. The van der Waals surface area contributed by atoms with Gasteiger partial charge in [-0.05, 0) is 30.7 Å². The number of hydrazone groups is 1. The highest BCUT2D eigenvalue weighted by Gasteiger charge is 2.61. The molecule has 1 fully saturated rings. The number of rotatable bonds is 7. The fourth-order valence-corrected chi connectivity index (χ4v) is 3.01. The molecule has 1 aromatic rings. The summed E-state index contributed by atoms with van der Waals surface area (Å²) in [6, 6.07) is 3.22. The lowest BCUT2D eigenvalue weighted by Crippen LogP contribution is -2.05. The van der Waals surface area contributed by atoms with Gasteiger partial charge in [0.15, 0.2) is 0 Å². The number of anilines is 1. The van der Waals surface area contributed by atoms with Gasteiger partial charge in [0.1, 0.15) is 5.69 Å². The number of carboxylic acids is 1. The van der Waals surface area contributed by atoms with Gasteiger partial charge in [-0.15, -0.1) is 0 Å². The fraction of sp³-hybridized carbons (Fsp3) is 0.467. The Hall–Kier alpha value is -3.04. The average Bonchev–Trinajstić information content (AvgIpc) is 3.05. The molecule has 0 radical (unpaired) electrons. The highest BCUT2D eigenvalue weighted by atomic mass is 16.6. The van der Waals surface area contributed by atoms with Crippen LogP contribution in [-0.4, -0.2) is 26.6 Å². The molecule has 0 aromatic heterocycles. The highest BCUT2D eigenvalue weighted by molar-refractivity contribution is 5.86. The van der Waals surface area contributed by atoms with E-state index in [-0.39, 0.29) is 22.7 Å². The van der Waals surface area contributed by atoms with Crippen LogP contribution in [0.2, 0.25) is 0 Å². The largest absolute Gasteiger partial charge is 0.481 e. The van der Waals surface area contributed by atoms with E-state index in [1.54, 1.807) is 6.92 Å². The molecule has 2 N–H and O–H groups in total. The molecule has 25 heavy (non-hydrogen) atoms. The molecule has 0 saturated heterocycles. The molecule has 1 aliphatic rings. The fourth-order valence-electron chi connectivity index (χ4n) is 3.01. The summed E-state index contributed by atoms with van der Waals surface area (Å²) in [6.45, 7) is 5.44. The molecule has 1 aromatic carbocycles. The van der Waals surface area contributed by atoms with E-state index in [1.807, 2.05) is 13.8 Å². The molecular weight excluding hydrogens is 332 g/mol. The van der Waals surface area contributed by atoms with Gasteiger partial charge < -0.3 is 5.11 Å². The molecule has 10 heteroatoms. The van der Waals surface area contributed by atoms with Crippen LogP contribution in [0.4, 0.5) is 17.1 Å². The summed E-state index contributed by atoms with van der Waals surface area (Å²) in [5, 5.41) is 35.0. The Morgan fingerprint density at radius 1 is 1.32 bits per heavy atom. The number of non-ortho nitro benzene ring substituents is 1. The van der Waals surface area contributed by atoms with E-state index in [0.29, 0.717) is 12.1 Å². The van der Waals surface area contributed by atoms with Crippen LogP contribution in [0.25, 0.3) is 0 Å². The number of hydrogen-bond donors (Lipinski definition) is 2. The first-order valence-electron chi connectivity index (χ1n) is 7.50. The topological polar surface area (TPSA) is 148 Å². The van der Waals surface area contributed by atoms with Crippen LogP contribution in [0.15, 0.2) is 23.3 Å². The molecule has 0 bridgehead atoms. The minimum Gasteiger partial charge on any atom is -0.481 e. The Morgan fingerprint density at radius 3 is 2.44 bits per heavy atom. The number of aliphatic carboxylic acids is 1. The van der Waals surface area contributed by atoms with Crippen molar-refractivity contribution in [3.05, 3.63) is 38.4 Å². The van der Waals surface area contributed by atoms with Gasteiger partial charge in [-0.25, -0.2) is 0 Å². The molecule has 1 aliphatic carbocycles. The summed E-state index contributed by atoms with van der Waals surface area (Å²) < 4.78 is 0. The van der Waals surface area contributed by atoms with Crippen molar-refractivity contribution in [2.45, 2.75) is 27.2 Å². The third-order valence-electron chi connectivity index (χ3n) is 4.59. The number of hydrogen-bond acceptors (Lipinski definition) is 7. The third kappa shape index (κ3) is 3.73. The van der Waals surface area contributed by atoms with E-state index in [1.165, 1.54) is 6.07 Å². The number of nitro benzene ring substituents is 2. The first-order valence-corrected chi connectivity index (χ1v) is 7.50. The Kier molecular flexibility index (Phi) is 4.73. The zero-order valence-electron chi connectivity index (χ0n) is 13.9. The van der Waals surface area contributed by atoms with Crippen LogP contribution in [-0.2, 0) is 4.79 Å². The first-order chi connectivity index (χ1) is 11.6. The number of carboxylic acid groups (broad SMARTS) is 1. The Morgan fingerprint density at radius 2 is 1.96 bits per heavy atom. The molecule has 0 heterocycles. The monoisotopic (exact) mass is 350 g/mol. The molecule has 0 aliphatic heterocycles. The molecule has 0 amide bonds. The van der Waals surface area contributed by atoms with Crippen molar-refractivity contribution in [1.29, 1.82) is 0 Å². The number of carbonyl (C=O) groups is 1. The van der Waals surface area contributed by atoms with Crippen LogP contribution in [0.1, 0.15) is 27.2 Å². The standard InChI is InChI=1S/C15H18N4O6/c1-8(6-10-13(14(20)21)15(10,2)3)16-17-11-5-4-9(18(22)23)7-12(11)19(24)25/h4-5,7,10,13,17H,6H2,1-3H3,(H,20,21). The van der Waals surface area contributed by atoms with Gasteiger partial charge >= 0.3 is 11.7 Å². The smallest absolute Gasteiger partial charge is 0.307 e. The van der Waals surface area contributed by atoms with Crippen LogP contribution >= 0.6 is 0 Å². The summed E-state index contributed by atoms with van der Waals surface area (Å²) >= 11 is 0. The second-order valence-electron chi connectivity index (χ2n) is 6.62. The lowest BCUT2D eigenvalue weighted by Gasteiger charge is -2.05. The molecular formula is C15H18N4O6.